The van der Waals surface area contributed by atoms with Crippen LogP contribution >= 0.6 is 11.6 Å². The summed E-state index contributed by atoms with van der Waals surface area (Å²) in [5, 5.41) is 24.7. The molecular weight excluding hydrogens is 423 g/mol. The van der Waals surface area contributed by atoms with Crippen LogP contribution in [0.4, 0.5) is 10.1 Å². The maximum Gasteiger partial charge on any atom is 0.345 e. The minimum absolute atomic E-state index is 0.258. The Morgan fingerprint density at radius 2 is 2.27 bits per heavy atom. The summed E-state index contributed by atoms with van der Waals surface area (Å²) in [6.45, 7) is 0.545. The molecule has 4 rings (SSSR count). The van der Waals surface area contributed by atoms with Gasteiger partial charge in [0.05, 0.1) is 22.0 Å². The molecule has 12 heteroatoms. The highest BCUT2D eigenvalue weighted by Gasteiger charge is 2.30. The van der Waals surface area contributed by atoms with Crippen LogP contribution in [0.2, 0.25) is 5.02 Å². The largest absolute Gasteiger partial charge is 0.477 e. The monoisotopic (exact) mass is 436 g/mol. The lowest BCUT2D eigenvalue weighted by Gasteiger charge is -2.23. The fourth-order valence-corrected chi connectivity index (χ4v) is 3.50. The van der Waals surface area contributed by atoms with E-state index in [0.717, 1.165) is 25.1 Å². The Hall–Kier alpha value is -3.31. The fourth-order valence-electron chi connectivity index (χ4n) is 3.30. The van der Waals surface area contributed by atoms with Crippen LogP contribution in [0, 0.1) is 15.9 Å². The molecule has 1 aromatic carbocycles. The van der Waals surface area contributed by atoms with Gasteiger partial charge in [0.25, 0.3) is 0 Å². The number of fused-ring (bicyclic) bond motifs is 1. The standard InChI is InChI=1S/C18H14ClFN4O6/c19-14-11(20)7-12-10(8-22-23(12)13-3-1-2-6-29-13)16(14)30-17-15(24(27)28)9(18(25)26)4-5-21-17/h4-5,7-8,13H,1-3,6H2,(H,25,26). The SMILES string of the molecule is O=C(O)c1ccnc(Oc2c(Cl)c(F)cc3c2cnn3C2CCCCO2)c1[N+](=O)[O-]. The van der Waals surface area contributed by atoms with E-state index in [2.05, 4.69) is 10.1 Å². The molecule has 0 saturated carbocycles. The van der Waals surface area contributed by atoms with Crippen LogP contribution in [-0.2, 0) is 4.74 Å². The first-order valence-electron chi connectivity index (χ1n) is 8.90. The second kappa shape index (κ2) is 7.84. The minimum atomic E-state index is -1.54. The third-order valence-corrected chi connectivity index (χ3v) is 5.03. The molecular formula is C18H14ClFN4O6. The number of pyridine rings is 1. The van der Waals surface area contributed by atoms with Crippen molar-refractivity contribution in [3.63, 3.8) is 0 Å². The molecule has 1 aliphatic rings. The van der Waals surface area contributed by atoms with Crippen LogP contribution in [0.15, 0.2) is 24.5 Å². The van der Waals surface area contributed by atoms with Gasteiger partial charge < -0.3 is 14.6 Å². The van der Waals surface area contributed by atoms with Gasteiger partial charge in [-0.25, -0.2) is 18.9 Å². The Morgan fingerprint density at radius 3 is 2.93 bits per heavy atom. The van der Waals surface area contributed by atoms with Crippen molar-refractivity contribution in [1.82, 2.24) is 14.8 Å². The van der Waals surface area contributed by atoms with Gasteiger partial charge in [-0.1, -0.05) is 11.6 Å². The smallest absolute Gasteiger partial charge is 0.345 e. The topological polar surface area (TPSA) is 130 Å². The molecule has 156 valence electrons. The van der Waals surface area contributed by atoms with Gasteiger partial charge in [0, 0.05) is 18.9 Å². The van der Waals surface area contributed by atoms with E-state index < -0.39 is 45.1 Å². The minimum Gasteiger partial charge on any atom is -0.477 e. The van der Waals surface area contributed by atoms with Gasteiger partial charge in [0.1, 0.15) is 16.4 Å². The average molecular weight is 437 g/mol. The molecule has 0 radical (unpaired) electrons. The first kappa shape index (κ1) is 20.0. The number of hydrogen-bond donors (Lipinski definition) is 1. The van der Waals surface area contributed by atoms with Gasteiger partial charge in [0.2, 0.25) is 0 Å². The Morgan fingerprint density at radius 1 is 1.47 bits per heavy atom. The number of carboxylic acids is 1. The van der Waals surface area contributed by atoms with Crippen LogP contribution in [-0.4, -0.2) is 37.4 Å². The quantitative estimate of drug-likeness (QED) is 0.462. The van der Waals surface area contributed by atoms with Crippen molar-refractivity contribution in [3.8, 4) is 11.6 Å². The summed E-state index contributed by atoms with van der Waals surface area (Å²) in [6, 6.07) is 2.14. The number of hydrogen-bond acceptors (Lipinski definition) is 7. The van der Waals surface area contributed by atoms with E-state index >= 15 is 0 Å². The van der Waals surface area contributed by atoms with Crippen LogP contribution in [0.5, 0.6) is 11.6 Å². The molecule has 0 spiro atoms. The van der Waals surface area contributed by atoms with E-state index in [4.69, 9.17) is 21.1 Å². The zero-order chi connectivity index (χ0) is 21.4. The van der Waals surface area contributed by atoms with Gasteiger partial charge in [-0.3, -0.25) is 10.1 Å². The second-order valence-electron chi connectivity index (χ2n) is 6.52. The van der Waals surface area contributed by atoms with Gasteiger partial charge in [-0.15, -0.1) is 0 Å². The number of carboxylic acid groups (broad SMARTS) is 1. The first-order chi connectivity index (χ1) is 14.4. The third-order valence-electron chi connectivity index (χ3n) is 4.68. The van der Waals surface area contributed by atoms with Crippen molar-refractivity contribution in [2.24, 2.45) is 0 Å². The maximum absolute atomic E-state index is 14.6. The number of rotatable bonds is 5. The second-order valence-corrected chi connectivity index (χ2v) is 6.90. The number of nitrogens with zero attached hydrogens (tertiary/aromatic N) is 4. The summed E-state index contributed by atoms with van der Waals surface area (Å²) >= 11 is 6.07. The highest BCUT2D eigenvalue weighted by molar-refractivity contribution is 6.33. The zero-order valence-electron chi connectivity index (χ0n) is 15.2. The van der Waals surface area contributed by atoms with Crippen molar-refractivity contribution in [2.45, 2.75) is 25.5 Å². The summed E-state index contributed by atoms with van der Waals surface area (Å²) in [5.74, 6) is -3.26. The molecule has 1 fully saturated rings. The number of halogens is 2. The lowest BCUT2D eigenvalue weighted by molar-refractivity contribution is -0.386. The predicted molar refractivity (Wildman–Crippen MR) is 101 cm³/mol. The number of aromatic nitrogens is 3. The Labute approximate surface area is 172 Å². The highest BCUT2D eigenvalue weighted by Crippen LogP contribution is 2.42. The summed E-state index contributed by atoms with van der Waals surface area (Å²) < 4.78 is 27.3. The van der Waals surface area contributed by atoms with Gasteiger partial charge in [-0.2, -0.15) is 5.10 Å². The van der Waals surface area contributed by atoms with Crippen LogP contribution in [0.1, 0.15) is 35.8 Å². The molecule has 3 heterocycles. The summed E-state index contributed by atoms with van der Waals surface area (Å²) in [7, 11) is 0. The molecule has 0 aliphatic carbocycles. The Bertz CT molecular complexity index is 1160. The lowest BCUT2D eigenvalue weighted by Crippen LogP contribution is -2.19. The van der Waals surface area contributed by atoms with Crippen molar-refractivity contribution in [1.29, 1.82) is 0 Å². The Balaban J connectivity index is 1.85. The molecule has 0 amide bonds. The molecule has 1 aliphatic heterocycles. The molecule has 10 nitrogen and oxygen atoms in total. The van der Waals surface area contributed by atoms with E-state index in [1.54, 1.807) is 0 Å². The van der Waals surface area contributed by atoms with E-state index in [1.165, 1.54) is 16.9 Å². The van der Waals surface area contributed by atoms with E-state index in [9.17, 15) is 24.4 Å². The third kappa shape index (κ3) is 3.42. The maximum atomic E-state index is 14.6. The molecule has 1 atom stereocenters. The van der Waals surface area contributed by atoms with Crippen molar-refractivity contribution < 1.29 is 28.7 Å². The van der Waals surface area contributed by atoms with E-state index in [1.807, 2.05) is 0 Å². The number of nitro groups is 1. The van der Waals surface area contributed by atoms with E-state index in [-0.39, 0.29) is 11.1 Å². The number of aromatic carboxylic acids is 1. The zero-order valence-corrected chi connectivity index (χ0v) is 16.0. The summed E-state index contributed by atoms with van der Waals surface area (Å²) in [4.78, 5) is 25.6. The normalized spacial score (nSPS) is 16.5. The van der Waals surface area contributed by atoms with Gasteiger partial charge in [-0.05, 0) is 25.3 Å². The average Bonchev–Trinajstić information content (AvgIpc) is 3.14. The number of benzene rings is 1. The van der Waals surface area contributed by atoms with Crippen molar-refractivity contribution in [3.05, 3.63) is 51.0 Å². The molecule has 3 aromatic rings. The van der Waals surface area contributed by atoms with Crippen molar-refractivity contribution in [2.75, 3.05) is 6.61 Å². The van der Waals surface area contributed by atoms with E-state index in [0.29, 0.717) is 18.5 Å². The molecule has 1 N–H and O–H groups in total. The van der Waals surface area contributed by atoms with Crippen LogP contribution in [0.3, 0.4) is 0 Å². The molecule has 2 aromatic heterocycles. The Kier molecular flexibility index (Phi) is 5.22. The van der Waals surface area contributed by atoms with Crippen LogP contribution in [0.25, 0.3) is 10.9 Å². The molecule has 1 unspecified atom stereocenters. The summed E-state index contributed by atoms with van der Waals surface area (Å²) in [5.41, 5.74) is -1.18. The number of ether oxygens (including phenoxy) is 2. The lowest BCUT2D eigenvalue weighted by atomic mass is 10.2. The molecule has 0 bridgehead atoms. The number of carbonyl (C=O) groups is 1. The van der Waals surface area contributed by atoms with Gasteiger partial charge >= 0.3 is 17.5 Å². The predicted octanol–water partition coefficient (Wildman–Crippen LogP) is 4.32. The van der Waals surface area contributed by atoms with Gasteiger partial charge in [0.15, 0.2) is 12.0 Å². The molecule has 1 saturated heterocycles. The van der Waals surface area contributed by atoms with Crippen molar-refractivity contribution >= 4 is 34.2 Å². The first-order valence-corrected chi connectivity index (χ1v) is 9.27. The van der Waals surface area contributed by atoms with Crippen LogP contribution < -0.4 is 4.74 Å². The fraction of sp³-hybridized carbons (Fsp3) is 0.278. The summed E-state index contributed by atoms with van der Waals surface area (Å²) in [6.07, 6.45) is 4.54. The molecule has 30 heavy (non-hydrogen) atoms. The highest BCUT2D eigenvalue weighted by atomic mass is 35.5.